The normalized spacial score (nSPS) is 12.6. The molecule has 0 bridgehead atoms. The molecular weight excluding hydrogens is 218 g/mol. The number of carbonyl (C=O) groups excluding carboxylic acids is 1. The number of amides is 1. The smallest absolute Gasteiger partial charge is 0.267 e. The van der Waals surface area contributed by atoms with Crippen LogP contribution in [0.5, 0.6) is 0 Å². The van der Waals surface area contributed by atoms with Crippen molar-refractivity contribution in [1.29, 1.82) is 0 Å². The van der Waals surface area contributed by atoms with E-state index in [1.807, 2.05) is 12.1 Å². The van der Waals surface area contributed by atoms with Crippen molar-refractivity contribution in [2.75, 3.05) is 12.3 Å². The van der Waals surface area contributed by atoms with E-state index in [2.05, 4.69) is 10.3 Å². The first kappa shape index (κ1) is 11.5. The number of hydrogen-bond donors (Lipinski definition) is 4. The number of nitrogens with one attached hydrogen (secondary N) is 2. The zero-order valence-corrected chi connectivity index (χ0v) is 9.53. The Morgan fingerprint density at radius 3 is 3.00 bits per heavy atom. The highest BCUT2D eigenvalue weighted by molar-refractivity contribution is 6.00. The Morgan fingerprint density at radius 1 is 1.59 bits per heavy atom. The van der Waals surface area contributed by atoms with Gasteiger partial charge in [0.1, 0.15) is 5.69 Å². The first-order chi connectivity index (χ1) is 8.08. The molecule has 0 aliphatic carbocycles. The van der Waals surface area contributed by atoms with Gasteiger partial charge < -0.3 is 21.1 Å². The van der Waals surface area contributed by atoms with Gasteiger partial charge in [0, 0.05) is 11.9 Å². The Kier molecular flexibility index (Phi) is 3.01. The summed E-state index contributed by atoms with van der Waals surface area (Å²) in [6.07, 6.45) is -0.562. The van der Waals surface area contributed by atoms with E-state index in [-0.39, 0.29) is 12.5 Å². The van der Waals surface area contributed by atoms with Crippen molar-refractivity contribution in [1.82, 2.24) is 10.3 Å². The van der Waals surface area contributed by atoms with Crippen molar-refractivity contribution in [3.63, 3.8) is 0 Å². The lowest BCUT2D eigenvalue weighted by Crippen LogP contribution is -2.30. The highest BCUT2D eigenvalue weighted by atomic mass is 16.3. The summed E-state index contributed by atoms with van der Waals surface area (Å²) < 4.78 is 0. The highest BCUT2D eigenvalue weighted by Crippen LogP contribution is 2.20. The molecule has 1 atom stereocenters. The van der Waals surface area contributed by atoms with Gasteiger partial charge >= 0.3 is 0 Å². The van der Waals surface area contributed by atoms with Crippen molar-refractivity contribution in [3.8, 4) is 0 Å². The van der Waals surface area contributed by atoms with Crippen LogP contribution in [0, 0.1) is 0 Å². The maximum atomic E-state index is 11.7. The summed E-state index contributed by atoms with van der Waals surface area (Å²) in [5, 5.41) is 12.6. The van der Waals surface area contributed by atoms with Crippen LogP contribution in [0.15, 0.2) is 24.3 Å². The van der Waals surface area contributed by atoms with Crippen molar-refractivity contribution >= 4 is 22.5 Å². The van der Waals surface area contributed by atoms with Crippen LogP contribution in [0.2, 0.25) is 0 Å². The van der Waals surface area contributed by atoms with Gasteiger partial charge in [0.2, 0.25) is 0 Å². The van der Waals surface area contributed by atoms with Crippen LogP contribution in [0.1, 0.15) is 17.4 Å². The lowest BCUT2D eigenvalue weighted by Gasteiger charge is -2.05. The lowest BCUT2D eigenvalue weighted by molar-refractivity contribution is 0.0920. The van der Waals surface area contributed by atoms with E-state index in [4.69, 9.17) is 10.8 Å². The van der Waals surface area contributed by atoms with Gasteiger partial charge in [-0.2, -0.15) is 0 Å². The van der Waals surface area contributed by atoms with E-state index in [1.54, 1.807) is 19.1 Å². The van der Waals surface area contributed by atoms with E-state index in [1.165, 1.54) is 0 Å². The Bertz CT molecular complexity index is 546. The van der Waals surface area contributed by atoms with Crippen molar-refractivity contribution in [2.45, 2.75) is 13.0 Å². The van der Waals surface area contributed by atoms with Crippen molar-refractivity contribution < 1.29 is 9.90 Å². The number of nitrogens with two attached hydrogens (primary N) is 1. The number of rotatable bonds is 3. The number of hydrogen-bond acceptors (Lipinski definition) is 3. The third kappa shape index (κ3) is 2.39. The molecule has 5 heteroatoms. The molecule has 0 radical (unpaired) electrons. The molecule has 5 N–H and O–H groups in total. The zero-order valence-electron chi connectivity index (χ0n) is 9.53. The number of para-hydroxylation sites is 1. The van der Waals surface area contributed by atoms with Crippen molar-refractivity contribution in [3.05, 3.63) is 30.0 Å². The summed E-state index contributed by atoms with van der Waals surface area (Å²) in [5.41, 5.74) is 7.60. The van der Waals surface area contributed by atoms with E-state index in [0.717, 1.165) is 10.9 Å². The number of anilines is 1. The molecule has 1 amide bonds. The molecule has 90 valence electrons. The van der Waals surface area contributed by atoms with Crippen LogP contribution >= 0.6 is 0 Å². The van der Waals surface area contributed by atoms with Crippen LogP contribution in [-0.2, 0) is 0 Å². The molecule has 0 saturated carbocycles. The molecule has 0 fully saturated rings. The molecule has 17 heavy (non-hydrogen) atoms. The maximum Gasteiger partial charge on any atom is 0.267 e. The Labute approximate surface area is 98.6 Å². The number of H-pyrrole nitrogens is 1. The summed E-state index contributed by atoms with van der Waals surface area (Å²) >= 11 is 0. The van der Waals surface area contributed by atoms with E-state index >= 15 is 0 Å². The van der Waals surface area contributed by atoms with Crippen LogP contribution in [0.25, 0.3) is 10.9 Å². The van der Waals surface area contributed by atoms with Gasteiger partial charge in [0.15, 0.2) is 0 Å². The topological polar surface area (TPSA) is 91.1 Å². The molecule has 0 unspecified atom stereocenters. The average Bonchev–Trinajstić information content (AvgIpc) is 2.71. The fourth-order valence-electron chi connectivity index (χ4n) is 1.64. The summed E-state index contributed by atoms with van der Waals surface area (Å²) in [5.74, 6) is -0.249. The van der Waals surface area contributed by atoms with Crippen LogP contribution in [0.3, 0.4) is 0 Å². The monoisotopic (exact) mass is 233 g/mol. The van der Waals surface area contributed by atoms with Crippen LogP contribution in [0.4, 0.5) is 5.69 Å². The molecule has 0 aliphatic heterocycles. The Morgan fingerprint density at radius 2 is 2.35 bits per heavy atom. The fraction of sp³-hybridized carbons (Fsp3) is 0.250. The van der Waals surface area contributed by atoms with Gasteiger partial charge in [-0.1, -0.05) is 12.1 Å². The Hall–Kier alpha value is -2.01. The molecule has 2 aromatic rings. The second-order valence-electron chi connectivity index (χ2n) is 4.05. The molecule has 0 aliphatic rings. The minimum absolute atomic E-state index is 0.226. The minimum Gasteiger partial charge on any atom is -0.397 e. The number of carbonyl (C=O) groups is 1. The molecule has 0 spiro atoms. The first-order valence-corrected chi connectivity index (χ1v) is 5.41. The quantitative estimate of drug-likeness (QED) is 0.592. The number of aromatic amines is 1. The fourth-order valence-corrected chi connectivity index (χ4v) is 1.64. The van der Waals surface area contributed by atoms with Gasteiger partial charge in [0.25, 0.3) is 5.91 Å². The van der Waals surface area contributed by atoms with Gasteiger partial charge in [-0.05, 0) is 19.1 Å². The standard InChI is InChI=1S/C12H15N3O2/c1-7(16)6-14-12(17)10-5-8-3-2-4-9(13)11(8)15-10/h2-5,7,15-16H,6,13H2,1H3,(H,14,17)/t7-/m0/s1. The number of fused-ring (bicyclic) bond motifs is 1. The summed E-state index contributed by atoms with van der Waals surface area (Å²) in [6.45, 7) is 1.84. The van der Waals surface area contributed by atoms with Crippen LogP contribution < -0.4 is 11.1 Å². The number of aliphatic hydroxyl groups is 1. The predicted octanol–water partition coefficient (Wildman–Crippen LogP) is 0.861. The molecular formula is C12H15N3O2. The second kappa shape index (κ2) is 4.47. The predicted molar refractivity (Wildman–Crippen MR) is 66.7 cm³/mol. The SMILES string of the molecule is C[C@H](O)CNC(=O)c1cc2cccc(N)c2[nH]1. The van der Waals surface area contributed by atoms with E-state index in [9.17, 15) is 4.79 Å². The molecule has 1 aromatic carbocycles. The molecule has 0 saturated heterocycles. The number of aromatic nitrogens is 1. The minimum atomic E-state index is -0.562. The average molecular weight is 233 g/mol. The zero-order chi connectivity index (χ0) is 12.4. The molecule has 1 heterocycles. The summed E-state index contributed by atoms with van der Waals surface area (Å²) in [6, 6.07) is 7.23. The van der Waals surface area contributed by atoms with Crippen molar-refractivity contribution in [2.24, 2.45) is 0 Å². The first-order valence-electron chi connectivity index (χ1n) is 5.41. The van der Waals surface area contributed by atoms with Gasteiger partial charge in [-0.3, -0.25) is 4.79 Å². The van der Waals surface area contributed by atoms with Gasteiger partial charge in [0.05, 0.1) is 17.3 Å². The van der Waals surface area contributed by atoms with E-state index < -0.39 is 6.10 Å². The molecule has 2 rings (SSSR count). The number of nitrogen functional groups attached to an aromatic ring is 1. The number of aliphatic hydroxyl groups excluding tert-OH is 1. The van der Waals surface area contributed by atoms with Gasteiger partial charge in [-0.15, -0.1) is 0 Å². The van der Waals surface area contributed by atoms with Gasteiger partial charge in [-0.25, -0.2) is 0 Å². The largest absolute Gasteiger partial charge is 0.397 e. The summed E-state index contributed by atoms with van der Waals surface area (Å²) in [4.78, 5) is 14.7. The second-order valence-corrected chi connectivity index (χ2v) is 4.05. The lowest BCUT2D eigenvalue weighted by atomic mass is 10.2. The maximum absolute atomic E-state index is 11.7. The summed E-state index contributed by atoms with van der Waals surface area (Å²) in [7, 11) is 0. The Balaban J connectivity index is 2.24. The van der Waals surface area contributed by atoms with E-state index in [0.29, 0.717) is 11.4 Å². The third-order valence-corrected chi connectivity index (χ3v) is 2.49. The molecule has 1 aromatic heterocycles. The molecule has 5 nitrogen and oxygen atoms in total. The highest BCUT2D eigenvalue weighted by Gasteiger charge is 2.10. The number of benzene rings is 1. The third-order valence-electron chi connectivity index (χ3n) is 2.49. The van der Waals surface area contributed by atoms with Crippen LogP contribution in [-0.4, -0.2) is 28.6 Å².